The Morgan fingerprint density at radius 3 is 2.52 bits per heavy atom. The van der Waals surface area contributed by atoms with Gasteiger partial charge in [-0.1, -0.05) is 23.2 Å². The Morgan fingerprint density at radius 2 is 1.95 bits per heavy atom. The molecule has 0 aromatic heterocycles. The van der Waals surface area contributed by atoms with E-state index >= 15 is 0 Å². The van der Waals surface area contributed by atoms with Crippen LogP contribution in [0.3, 0.4) is 0 Å². The maximum Gasteiger partial charge on any atom is 0.409 e. The van der Waals surface area contributed by atoms with Crippen LogP contribution in [0.2, 0.25) is 10.0 Å². The SMILES string of the molecule is COC(=O)N1CCC(C(=O)Nc2ccc(Cl)cc2Cl)CC1. The second-order valence-electron chi connectivity index (χ2n) is 4.84. The van der Waals surface area contributed by atoms with Gasteiger partial charge >= 0.3 is 6.09 Å². The number of halogens is 2. The summed E-state index contributed by atoms with van der Waals surface area (Å²) in [4.78, 5) is 25.2. The molecule has 1 aliphatic heterocycles. The summed E-state index contributed by atoms with van der Waals surface area (Å²) >= 11 is 11.8. The van der Waals surface area contributed by atoms with Crippen LogP contribution in [0.4, 0.5) is 10.5 Å². The predicted octanol–water partition coefficient (Wildman–Crippen LogP) is 3.41. The Kier molecular flexibility index (Phi) is 5.31. The molecule has 1 aliphatic rings. The van der Waals surface area contributed by atoms with Crippen LogP contribution >= 0.6 is 23.2 Å². The Balaban J connectivity index is 1.92. The third kappa shape index (κ3) is 4.02. The van der Waals surface area contributed by atoms with E-state index in [-0.39, 0.29) is 17.9 Å². The lowest BCUT2D eigenvalue weighted by atomic mass is 9.96. The fourth-order valence-electron chi connectivity index (χ4n) is 2.28. The highest BCUT2D eigenvalue weighted by molar-refractivity contribution is 6.36. The van der Waals surface area contributed by atoms with Crippen molar-refractivity contribution in [2.45, 2.75) is 12.8 Å². The van der Waals surface area contributed by atoms with Gasteiger partial charge < -0.3 is 15.0 Å². The fraction of sp³-hybridized carbons (Fsp3) is 0.429. The Morgan fingerprint density at radius 1 is 1.29 bits per heavy atom. The highest BCUT2D eigenvalue weighted by Gasteiger charge is 2.27. The highest BCUT2D eigenvalue weighted by atomic mass is 35.5. The first-order valence-electron chi connectivity index (χ1n) is 6.60. The predicted molar refractivity (Wildman–Crippen MR) is 81.8 cm³/mol. The zero-order valence-corrected chi connectivity index (χ0v) is 13.1. The van der Waals surface area contributed by atoms with Crippen molar-refractivity contribution in [2.24, 2.45) is 5.92 Å². The van der Waals surface area contributed by atoms with Crippen LogP contribution in [0.25, 0.3) is 0 Å². The van der Waals surface area contributed by atoms with Gasteiger partial charge in [0.15, 0.2) is 0 Å². The number of ether oxygens (including phenoxy) is 1. The Hall–Kier alpha value is -1.46. The number of carbonyl (C=O) groups excluding carboxylic acids is 2. The molecular formula is C14H16Cl2N2O3. The maximum atomic E-state index is 12.2. The summed E-state index contributed by atoms with van der Waals surface area (Å²) in [6, 6.07) is 4.92. The molecule has 1 saturated heterocycles. The van der Waals surface area contributed by atoms with E-state index in [2.05, 4.69) is 10.1 Å². The van der Waals surface area contributed by atoms with E-state index in [1.165, 1.54) is 7.11 Å². The van der Waals surface area contributed by atoms with Crippen molar-refractivity contribution in [2.75, 3.05) is 25.5 Å². The zero-order valence-electron chi connectivity index (χ0n) is 11.6. The van der Waals surface area contributed by atoms with Gasteiger partial charge in [0, 0.05) is 24.0 Å². The molecule has 1 aromatic carbocycles. The van der Waals surface area contributed by atoms with Crippen molar-refractivity contribution in [3.05, 3.63) is 28.2 Å². The molecule has 0 aliphatic carbocycles. The van der Waals surface area contributed by atoms with Crippen molar-refractivity contribution < 1.29 is 14.3 Å². The number of hydrogen-bond acceptors (Lipinski definition) is 3. The molecule has 1 heterocycles. The minimum absolute atomic E-state index is 0.0938. The largest absolute Gasteiger partial charge is 0.453 e. The molecular weight excluding hydrogens is 315 g/mol. The molecule has 1 fully saturated rings. The molecule has 0 unspecified atom stereocenters. The van der Waals surface area contributed by atoms with E-state index in [0.29, 0.717) is 41.7 Å². The van der Waals surface area contributed by atoms with Gasteiger partial charge in [-0.15, -0.1) is 0 Å². The monoisotopic (exact) mass is 330 g/mol. The summed E-state index contributed by atoms with van der Waals surface area (Å²) in [5, 5.41) is 3.72. The van der Waals surface area contributed by atoms with Gasteiger partial charge in [-0.25, -0.2) is 4.79 Å². The topological polar surface area (TPSA) is 58.6 Å². The second kappa shape index (κ2) is 7.00. The number of carbonyl (C=O) groups is 2. The van der Waals surface area contributed by atoms with Crippen LogP contribution in [0.1, 0.15) is 12.8 Å². The normalized spacial score (nSPS) is 15.7. The van der Waals surface area contributed by atoms with E-state index in [1.807, 2.05) is 0 Å². The molecule has 0 bridgehead atoms. The number of hydrogen-bond donors (Lipinski definition) is 1. The van der Waals surface area contributed by atoms with Crippen molar-refractivity contribution in [1.29, 1.82) is 0 Å². The Labute approximate surface area is 133 Å². The van der Waals surface area contributed by atoms with Crippen molar-refractivity contribution in [3.8, 4) is 0 Å². The molecule has 1 aromatic rings. The molecule has 2 amide bonds. The molecule has 0 atom stereocenters. The summed E-state index contributed by atoms with van der Waals surface area (Å²) in [5.74, 6) is -0.235. The van der Waals surface area contributed by atoms with Crippen LogP contribution < -0.4 is 5.32 Å². The van der Waals surface area contributed by atoms with Crippen molar-refractivity contribution >= 4 is 40.9 Å². The third-order valence-electron chi connectivity index (χ3n) is 3.49. The van der Waals surface area contributed by atoms with Crippen molar-refractivity contribution in [1.82, 2.24) is 4.90 Å². The molecule has 0 spiro atoms. The summed E-state index contributed by atoms with van der Waals surface area (Å²) in [7, 11) is 1.35. The number of likely N-dealkylation sites (tertiary alicyclic amines) is 1. The quantitative estimate of drug-likeness (QED) is 0.903. The third-order valence-corrected chi connectivity index (χ3v) is 4.04. The van der Waals surface area contributed by atoms with E-state index in [0.717, 1.165) is 0 Å². The van der Waals surface area contributed by atoms with Gasteiger partial charge in [-0.2, -0.15) is 0 Å². The smallest absolute Gasteiger partial charge is 0.409 e. The molecule has 0 saturated carbocycles. The van der Waals surface area contributed by atoms with Gasteiger partial charge in [0.25, 0.3) is 0 Å². The molecule has 0 radical (unpaired) electrons. The second-order valence-corrected chi connectivity index (χ2v) is 5.69. The first-order valence-corrected chi connectivity index (χ1v) is 7.35. The number of benzene rings is 1. The molecule has 21 heavy (non-hydrogen) atoms. The molecule has 1 N–H and O–H groups in total. The summed E-state index contributed by atoms with van der Waals surface area (Å²) in [5.41, 5.74) is 0.543. The first-order chi connectivity index (χ1) is 10.0. The number of nitrogens with zero attached hydrogens (tertiary/aromatic N) is 1. The molecule has 5 nitrogen and oxygen atoms in total. The average Bonchev–Trinajstić information content (AvgIpc) is 2.49. The summed E-state index contributed by atoms with van der Waals surface area (Å²) < 4.78 is 4.66. The minimum atomic E-state index is -0.352. The maximum absolute atomic E-state index is 12.2. The average molecular weight is 331 g/mol. The lowest BCUT2D eigenvalue weighted by Crippen LogP contribution is -2.41. The lowest BCUT2D eigenvalue weighted by molar-refractivity contribution is -0.121. The number of piperidine rings is 1. The number of amides is 2. The van der Waals surface area contributed by atoms with Gasteiger partial charge in [0.2, 0.25) is 5.91 Å². The van der Waals surface area contributed by atoms with E-state index in [4.69, 9.17) is 23.2 Å². The van der Waals surface area contributed by atoms with Crippen LogP contribution in [-0.2, 0) is 9.53 Å². The van der Waals surface area contributed by atoms with E-state index in [1.54, 1.807) is 23.1 Å². The minimum Gasteiger partial charge on any atom is -0.453 e. The highest BCUT2D eigenvalue weighted by Crippen LogP contribution is 2.27. The fourth-order valence-corrected chi connectivity index (χ4v) is 2.73. The summed E-state index contributed by atoms with van der Waals surface area (Å²) in [6.07, 6.45) is 0.854. The number of nitrogens with one attached hydrogen (secondary N) is 1. The summed E-state index contributed by atoms with van der Waals surface area (Å²) in [6.45, 7) is 1.03. The lowest BCUT2D eigenvalue weighted by Gasteiger charge is -2.30. The van der Waals surface area contributed by atoms with E-state index in [9.17, 15) is 9.59 Å². The number of methoxy groups -OCH3 is 1. The van der Waals surface area contributed by atoms with Gasteiger partial charge in [0.05, 0.1) is 17.8 Å². The zero-order chi connectivity index (χ0) is 15.4. The van der Waals surface area contributed by atoms with Gasteiger partial charge in [-0.3, -0.25) is 4.79 Å². The van der Waals surface area contributed by atoms with Gasteiger partial charge in [0.1, 0.15) is 0 Å². The standard InChI is InChI=1S/C14H16Cl2N2O3/c1-21-14(20)18-6-4-9(5-7-18)13(19)17-12-3-2-10(15)8-11(12)16/h2-3,8-9H,4-7H2,1H3,(H,17,19). The molecule has 7 heteroatoms. The van der Waals surface area contributed by atoms with Crippen LogP contribution in [-0.4, -0.2) is 37.1 Å². The van der Waals surface area contributed by atoms with Crippen LogP contribution in [0.5, 0.6) is 0 Å². The Bertz CT molecular complexity index is 543. The molecule has 2 rings (SSSR count). The van der Waals surface area contributed by atoms with Crippen LogP contribution in [0.15, 0.2) is 18.2 Å². The van der Waals surface area contributed by atoms with Gasteiger partial charge in [-0.05, 0) is 31.0 Å². The number of anilines is 1. The number of rotatable bonds is 2. The van der Waals surface area contributed by atoms with E-state index < -0.39 is 0 Å². The molecule has 114 valence electrons. The van der Waals surface area contributed by atoms with Crippen molar-refractivity contribution in [3.63, 3.8) is 0 Å². The van der Waals surface area contributed by atoms with Crippen LogP contribution in [0, 0.1) is 5.92 Å². The first kappa shape index (κ1) is 15.9.